The largest absolute Gasteiger partial charge is 0.493 e. The van der Waals surface area contributed by atoms with Crippen molar-refractivity contribution in [2.24, 2.45) is 0 Å². The molecule has 1 aromatic heterocycles. The molecule has 1 heterocycles. The molecule has 1 unspecified atom stereocenters. The van der Waals surface area contributed by atoms with Gasteiger partial charge in [0.2, 0.25) is 0 Å². The predicted octanol–water partition coefficient (Wildman–Crippen LogP) is 2.04. The predicted molar refractivity (Wildman–Crippen MR) is 80.6 cm³/mol. The average molecular weight is 290 g/mol. The first-order chi connectivity index (χ1) is 10.2. The van der Waals surface area contributed by atoms with Gasteiger partial charge in [-0.15, -0.1) is 5.10 Å². The van der Waals surface area contributed by atoms with Crippen molar-refractivity contribution in [1.82, 2.24) is 20.3 Å². The molecule has 0 saturated carbocycles. The van der Waals surface area contributed by atoms with Crippen LogP contribution in [0.15, 0.2) is 30.6 Å². The molecule has 6 heteroatoms. The quantitative estimate of drug-likeness (QED) is 0.754. The van der Waals surface area contributed by atoms with Crippen molar-refractivity contribution >= 4 is 0 Å². The van der Waals surface area contributed by atoms with Crippen LogP contribution >= 0.6 is 0 Å². The van der Waals surface area contributed by atoms with Gasteiger partial charge in [-0.25, -0.2) is 0 Å². The lowest BCUT2D eigenvalue weighted by molar-refractivity contribution is 0.354. The van der Waals surface area contributed by atoms with Gasteiger partial charge in [0.15, 0.2) is 11.5 Å². The van der Waals surface area contributed by atoms with E-state index in [0.29, 0.717) is 0 Å². The lowest BCUT2D eigenvalue weighted by Crippen LogP contribution is -2.21. The molecule has 0 bridgehead atoms. The van der Waals surface area contributed by atoms with Gasteiger partial charge in [0.25, 0.3) is 0 Å². The summed E-state index contributed by atoms with van der Waals surface area (Å²) in [5.74, 6) is 1.51. The van der Waals surface area contributed by atoms with E-state index >= 15 is 0 Å². The molecule has 0 aliphatic carbocycles. The summed E-state index contributed by atoms with van der Waals surface area (Å²) in [5, 5.41) is 11.2. The molecule has 6 nitrogen and oxygen atoms in total. The number of nitrogens with zero attached hydrogens (tertiary/aromatic N) is 3. The fourth-order valence-corrected chi connectivity index (χ4v) is 2.15. The Hall–Kier alpha value is -2.08. The summed E-state index contributed by atoms with van der Waals surface area (Å²) in [6.45, 7) is 3.91. The van der Waals surface area contributed by atoms with Gasteiger partial charge in [0.1, 0.15) is 0 Å². The van der Waals surface area contributed by atoms with E-state index in [1.54, 1.807) is 20.4 Å². The van der Waals surface area contributed by atoms with Crippen LogP contribution in [0.1, 0.15) is 24.9 Å². The lowest BCUT2D eigenvalue weighted by Gasteiger charge is -2.16. The Morgan fingerprint density at radius 3 is 2.71 bits per heavy atom. The van der Waals surface area contributed by atoms with E-state index in [1.165, 1.54) is 5.56 Å². The molecule has 0 radical (unpaired) electrons. The summed E-state index contributed by atoms with van der Waals surface area (Å²) < 4.78 is 12.4. The molecule has 0 saturated heterocycles. The summed E-state index contributed by atoms with van der Waals surface area (Å²) >= 11 is 0. The monoisotopic (exact) mass is 290 g/mol. The van der Waals surface area contributed by atoms with Gasteiger partial charge >= 0.3 is 0 Å². The molecular weight excluding hydrogens is 268 g/mol. The van der Waals surface area contributed by atoms with Crippen molar-refractivity contribution in [1.29, 1.82) is 0 Å². The highest BCUT2D eigenvalue weighted by atomic mass is 16.5. The van der Waals surface area contributed by atoms with Crippen molar-refractivity contribution in [3.8, 4) is 11.5 Å². The van der Waals surface area contributed by atoms with Crippen molar-refractivity contribution in [3.63, 3.8) is 0 Å². The molecular formula is C15H22N4O2. The maximum atomic E-state index is 5.33. The number of methoxy groups -OCH3 is 2. The van der Waals surface area contributed by atoms with Crippen LogP contribution in [0.25, 0.3) is 0 Å². The van der Waals surface area contributed by atoms with Gasteiger partial charge in [-0.05, 0) is 37.6 Å². The summed E-state index contributed by atoms with van der Waals surface area (Å²) in [6, 6.07) is 6.24. The van der Waals surface area contributed by atoms with Gasteiger partial charge in [-0.3, -0.25) is 4.68 Å². The highest BCUT2D eigenvalue weighted by Gasteiger charge is 2.09. The Labute approximate surface area is 125 Å². The van der Waals surface area contributed by atoms with Crippen LogP contribution in [0.5, 0.6) is 11.5 Å². The zero-order chi connectivity index (χ0) is 15.1. The first-order valence-electron chi connectivity index (χ1n) is 7.04. The van der Waals surface area contributed by atoms with Gasteiger partial charge in [0.05, 0.1) is 20.4 Å². The average Bonchev–Trinajstić information content (AvgIpc) is 3.04. The normalized spacial score (nSPS) is 12.1. The molecule has 1 N–H and O–H groups in total. The van der Waals surface area contributed by atoms with Gasteiger partial charge in [0, 0.05) is 18.8 Å². The van der Waals surface area contributed by atoms with E-state index in [4.69, 9.17) is 9.47 Å². The molecule has 0 amide bonds. The minimum atomic E-state index is 0.251. The number of hydrogen-bond acceptors (Lipinski definition) is 5. The minimum Gasteiger partial charge on any atom is -0.493 e. The second kappa shape index (κ2) is 7.64. The van der Waals surface area contributed by atoms with Crippen molar-refractivity contribution in [3.05, 3.63) is 36.2 Å². The Bertz CT molecular complexity index is 543. The fraction of sp³-hybridized carbons (Fsp3) is 0.467. The van der Waals surface area contributed by atoms with Crippen LogP contribution in [0, 0.1) is 0 Å². The SMILES string of the molecule is COc1ccc(C(C)NCCCn2ccnn2)cc1OC. The third-order valence-corrected chi connectivity index (χ3v) is 3.39. The van der Waals surface area contributed by atoms with Crippen molar-refractivity contribution < 1.29 is 9.47 Å². The first kappa shape index (κ1) is 15.3. The minimum absolute atomic E-state index is 0.251. The molecule has 1 atom stereocenters. The van der Waals surface area contributed by atoms with E-state index in [-0.39, 0.29) is 6.04 Å². The summed E-state index contributed by atoms with van der Waals surface area (Å²) in [4.78, 5) is 0. The van der Waals surface area contributed by atoms with Gasteiger partial charge in [-0.1, -0.05) is 11.3 Å². The van der Waals surface area contributed by atoms with Crippen LogP contribution < -0.4 is 14.8 Å². The molecule has 2 rings (SSSR count). The molecule has 2 aromatic rings. The maximum absolute atomic E-state index is 5.33. The Morgan fingerprint density at radius 1 is 1.24 bits per heavy atom. The highest BCUT2D eigenvalue weighted by molar-refractivity contribution is 5.43. The zero-order valence-corrected chi connectivity index (χ0v) is 12.7. The molecule has 0 spiro atoms. The summed E-state index contributed by atoms with van der Waals surface area (Å²) in [5.41, 5.74) is 1.17. The van der Waals surface area contributed by atoms with E-state index in [2.05, 4.69) is 28.6 Å². The van der Waals surface area contributed by atoms with Gasteiger partial charge in [-0.2, -0.15) is 0 Å². The number of hydrogen-bond donors (Lipinski definition) is 1. The van der Waals surface area contributed by atoms with Crippen LogP contribution in [-0.2, 0) is 6.54 Å². The summed E-state index contributed by atoms with van der Waals surface area (Å²) in [7, 11) is 3.29. The molecule has 0 aliphatic heterocycles. The Kier molecular flexibility index (Phi) is 5.57. The number of nitrogens with one attached hydrogen (secondary N) is 1. The Balaban J connectivity index is 1.83. The van der Waals surface area contributed by atoms with Crippen LogP contribution in [0.2, 0.25) is 0 Å². The van der Waals surface area contributed by atoms with E-state index < -0.39 is 0 Å². The van der Waals surface area contributed by atoms with Crippen LogP contribution in [0.3, 0.4) is 0 Å². The fourth-order valence-electron chi connectivity index (χ4n) is 2.15. The summed E-state index contributed by atoms with van der Waals surface area (Å²) in [6.07, 6.45) is 4.57. The number of benzene rings is 1. The van der Waals surface area contributed by atoms with Crippen LogP contribution in [-0.4, -0.2) is 35.8 Å². The number of aromatic nitrogens is 3. The van der Waals surface area contributed by atoms with E-state index in [0.717, 1.165) is 31.0 Å². The maximum Gasteiger partial charge on any atom is 0.161 e. The Morgan fingerprint density at radius 2 is 2.05 bits per heavy atom. The van der Waals surface area contributed by atoms with Crippen molar-refractivity contribution in [2.75, 3.05) is 20.8 Å². The topological polar surface area (TPSA) is 61.2 Å². The molecule has 114 valence electrons. The second-order valence-corrected chi connectivity index (χ2v) is 4.81. The van der Waals surface area contributed by atoms with E-state index in [9.17, 15) is 0 Å². The smallest absolute Gasteiger partial charge is 0.161 e. The van der Waals surface area contributed by atoms with Crippen molar-refractivity contribution in [2.45, 2.75) is 25.9 Å². The third kappa shape index (κ3) is 4.19. The molecule has 0 fully saturated rings. The van der Waals surface area contributed by atoms with E-state index in [1.807, 2.05) is 23.0 Å². The first-order valence-corrected chi connectivity index (χ1v) is 7.04. The van der Waals surface area contributed by atoms with Gasteiger partial charge < -0.3 is 14.8 Å². The number of rotatable bonds is 8. The molecule has 21 heavy (non-hydrogen) atoms. The number of ether oxygens (including phenoxy) is 2. The lowest BCUT2D eigenvalue weighted by atomic mass is 10.1. The zero-order valence-electron chi connectivity index (χ0n) is 12.7. The molecule has 1 aromatic carbocycles. The van der Waals surface area contributed by atoms with Crippen LogP contribution in [0.4, 0.5) is 0 Å². The highest BCUT2D eigenvalue weighted by Crippen LogP contribution is 2.29. The molecule has 0 aliphatic rings. The third-order valence-electron chi connectivity index (χ3n) is 3.39. The number of aryl methyl sites for hydroxylation is 1. The second-order valence-electron chi connectivity index (χ2n) is 4.81. The standard InChI is InChI=1S/C15H22N4O2/c1-12(16-7-4-9-19-10-8-17-18-19)13-5-6-14(20-2)15(11-13)21-3/h5-6,8,10-12,16H,4,7,9H2,1-3H3.